The van der Waals surface area contributed by atoms with Gasteiger partial charge in [-0.25, -0.2) is 8.78 Å². The zero-order valence-electron chi connectivity index (χ0n) is 15.0. The average molecular weight is 492 g/mol. The topological polar surface area (TPSA) is 107 Å². The lowest BCUT2D eigenvalue weighted by Crippen LogP contribution is -2.43. The molecule has 0 amide bonds. The molecule has 19 heteroatoms. The second kappa shape index (κ2) is 11.9. The zero-order chi connectivity index (χ0) is 23.7. The van der Waals surface area contributed by atoms with E-state index in [2.05, 4.69) is 14.8 Å². The Bertz CT molecular complexity index is 677. The lowest BCUT2D eigenvalue weighted by atomic mass is 10.2. The molecule has 174 valence electrons. The Hall–Kier alpha value is -0.920. The van der Waals surface area contributed by atoms with Crippen LogP contribution < -0.4 is 0 Å². The molecule has 0 aromatic heterocycles. The Morgan fingerprint density at radius 1 is 1.14 bits per heavy atom. The van der Waals surface area contributed by atoms with Gasteiger partial charge in [-0.1, -0.05) is 7.77 Å². The number of rotatable bonds is 11. The summed E-state index contributed by atoms with van der Waals surface area (Å²) in [5.74, 6) is 0. The Morgan fingerprint density at radius 2 is 1.64 bits per heavy atom. The number of ether oxygens (including phenoxy) is 1. The molecular weight excluding hydrogens is 474 g/mol. The predicted octanol–water partition coefficient (Wildman–Crippen LogP) is 2.23. The molecule has 0 bridgehead atoms. The summed E-state index contributed by atoms with van der Waals surface area (Å²) in [5, 5.41) is -6.61. The molecule has 0 aromatic rings. The van der Waals surface area contributed by atoms with E-state index in [1.807, 2.05) is 0 Å². The van der Waals surface area contributed by atoms with Crippen LogP contribution in [-0.4, -0.2) is 65.7 Å². The van der Waals surface area contributed by atoms with Crippen molar-refractivity contribution in [3.8, 4) is 0 Å². The highest BCUT2D eigenvalue weighted by Crippen LogP contribution is 2.32. The van der Waals surface area contributed by atoms with E-state index in [-0.39, 0.29) is 4.70 Å². The predicted molar refractivity (Wildman–Crippen MR) is 71.6 cm³/mol. The summed E-state index contributed by atoms with van der Waals surface area (Å²) in [6.45, 7) is -3.96. The highest BCUT2D eigenvalue weighted by Gasteiger charge is 2.56. The summed E-state index contributed by atoms with van der Waals surface area (Å²) in [6.07, 6.45) is -8.25. The second-order valence-electron chi connectivity index (χ2n) is 4.32. The van der Waals surface area contributed by atoms with Gasteiger partial charge in [-0.2, -0.15) is 39.3 Å². The minimum atomic E-state index is -6.59. The fourth-order valence-electron chi connectivity index (χ4n) is 0.924. The van der Waals surface area contributed by atoms with Gasteiger partial charge in [0.1, 0.15) is 6.10 Å². The number of hydrogen-bond acceptors (Lipinski definition) is 7. The van der Waals surface area contributed by atoms with Gasteiger partial charge < -0.3 is 9.85 Å². The van der Waals surface area contributed by atoms with Gasteiger partial charge in [-0.3, -0.25) is 4.70 Å². The molecule has 1 N–H and O–H groups in total. The van der Waals surface area contributed by atoms with Crippen LogP contribution in [0.1, 0.15) is 14.7 Å². The molecule has 0 spiro atoms. The first kappa shape index (κ1) is 27.1. The summed E-state index contributed by atoms with van der Waals surface area (Å²) >= 11 is 0. The van der Waals surface area contributed by atoms with Crippen LogP contribution in [0.25, 0.3) is 0 Å². The fraction of sp³-hybridized carbons (Fsp3) is 1.00. The lowest BCUT2D eigenvalue weighted by molar-refractivity contribution is -0.250. The molecule has 0 fully saturated rings. The van der Waals surface area contributed by atoms with Crippen LogP contribution in [-0.2, 0) is 30.1 Å². The minimum Gasteiger partial charge on any atom is -0.396 e. The van der Waals surface area contributed by atoms with E-state index in [1.165, 1.54) is 0 Å². The van der Waals surface area contributed by atoms with Crippen molar-refractivity contribution in [1.29, 1.82) is 1.43 Å². The van der Waals surface area contributed by atoms with Crippen LogP contribution in [0, 0.1) is 0 Å². The lowest BCUT2D eigenvalue weighted by Gasteiger charge is -2.25. The number of aliphatic hydroxyl groups excluding tert-OH is 1. The largest absolute Gasteiger partial charge is 0.428 e. The molecule has 0 saturated carbocycles. The summed E-state index contributed by atoms with van der Waals surface area (Å²) in [7, 11) is -12.7. The average Bonchev–Trinajstić information content (AvgIpc) is 2.58. The van der Waals surface area contributed by atoms with Gasteiger partial charge >= 0.3 is 31.0 Å². The van der Waals surface area contributed by atoms with Crippen LogP contribution in [0.3, 0.4) is 0 Å². The van der Waals surface area contributed by atoms with Gasteiger partial charge in [-0.05, 0) is 17.8 Å². The maximum Gasteiger partial charge on any atom is 0.428 e. The number of aliphatic hydroxyl groups is 1. The van der Waals surface area contributed by atoms with Gasteiger partial charge in [0.05, 0.1) is 6.10 Å². The van der Waals surface area contributed by atoms with E-state index in [0.29, 0.717) is 0 Å². The van der Waals surface area contributed by atoms with E-state index >= 15 is 0 Å². The number of halogens is 10. The van der Waals surface area contributed by atoms with E-state index in [4.69, 9.17) is 2.80 Å². The fourth-order valence-corrected chi connectivity index (χ4v) is 1.33. The van der Waals surface area contributed by atoms with Crippen molar-refractivity contribution in [3.63, 3.8) is 0 Å². The van der Waals surface area contributed by atoms with Crippen molar-refractivity contribution in [1.82, 2.24) is 0 Å². The van der Waals surface area contributed by atoms with Crippen LogP contribution in [0.4, 0.5) is 43.3 Å². The monoisotopic (exact) mass is 492 g/mol. The maximum atomic E-state index is 13.1. The minimum absolute atomic E-state index is 0. The molecule has 28 heavy (non-hydrogen) atoms. The summed E-state index contributed by atoms with van der Waals surface area (Å²) in [5.41, 5.74) is 0. The number of alkyl halides is 6. The zero-order valence-corrected chi connectivity index (χ0v) is 14.7. The van der Waals surface area contributed by atoms with Crippen molar-refractivity contribution in [3.05, 3.63) is 0 Å². The van der Waals surface area contributed by atoms with E-state index < -0.39 is 76.1 Å². The Morgan fingerprint density at radius 3 is 1.89 bits per heavy atom. The van der Waals surface area contributed by atoms with E-state index in [1.54, 1.807) is 0 Å². The molecule has 0 heterocycles. The highest BCUT2D eigenvalue weighted by atomic mass is 32.3. The van der Waals surface area contributed by atoms with Crippen LogP contribution in [0.2, 0.25) is 0 Å². The summed E-state index contributed by atoms with van der Waals surface area (Å²) in [4.78, 5) is 3.17. The van der Waals surface area contributed by atoms with Crippen molar-refractivity contribution in [2.75, 3.05) is 13.3 Å². The van der Waals surface area contributed by atoms with Crippen molar-refractivity contribution < 1.29 is 76.3 Å². The van der Waals surface area contributed by atoms with Gasteiger partial charge in [0.15, 0.2) is 6.67 Å². The van der Waals surface area contributed by atoms with Crippen molar-refractivity contribution in [2.45, 2.75) is 42.4 Å². The van der Waals surface area contributed by atoms with Crippen LogP contribution in [0.15, 0.2) is 0 Å². The highest BCUT2D eigenvalue weighted by molar-refractivity contribution is 7.87. The van der Waals surface area contributed by atoms with Gasteiger partial charge in [-0.15, -0.1) is 0 Å². The summed E-state index contributed by atoms with van der Waals surface area (Å²) < 4.78 is 163. The maximum absolute atomic E-state index is 13.1. The molecule has 0 saturated heterocycles. The second-order valence-corrected chi connectivity index (χ2v) is 7.21. The first-order valence-electron chi connectivity index (χ1n) is 7.18. The third-order valence-corrected chi connectivity index (χ3v) is 3.99. The molecule has 0 aliphatic heterocycles. The molecule has 0 radical (unpaired) electrons. The standard InChI is InChI=1S/C7H11F5O5S.C2H2F4O2S.FH/c1-4(17-11)5(2-3-13)16-6(8)7(9,10)18(12,14)15;3-1-2(4,5)9(6,7)8;/h4-6,13H,2-3H2,1H3;1H2;1H/i1T,13T;;. The Labute approximate surface area is 155 Å². The van der Waals surface area contributed by atoms with E-state index in [0.717, 1.165) is 0 Å². The van der Waals surface area contributed by atoms with Crippen LogP contribution in [0.5, 0.6) is 0 Å². The van der Waals surface area contributed by atoms with Gasteiger partial charge in [0.25, 0.3) is 6.36 Å². The third kappa shape index (κ3) is 9.52. The van der Waals surface area contributed by atoms with Gasteiger partial charge in [0.2, 0.25) is 1.43 Å². The molecular formula is C9H14F10O7S2. The molecule has 3 unspecified atom stereocenters. The quantitative estimate of drug-likeness (QED) is 0.348. The van der Waals surface area contributed by atoms with Gasteiger partial charge in [0, 0.05) is 7.98 Å². The molecule has 0 aliphatic carbocycles. The van der Waals surface area contributed by atoms with Crippen molar-refractivity contribution in [2.24, 2.45) is 0 Å². The smallest absolute Gasteiger partial charge is 0.396 e. The molecule has 3 atom stereocenters. The first-order valence-corrected chi connectivity index (χ1v) is 8.83. The van der Waals surface area contributed by atoms with Crippen LogP contribution >= 0.6 is 0 Å². The third-order valence-electron chi connectivity index (χ3n) is 2.33. The number of hydrogen-bond donors (Lipinski definition) is 1. The molecule has 0 aliphatic rings. The molecule has 0 rings (SSSR count). The molecule has 7 nitrogen and oxygen atoms in total. The Balaban J connectivity index is -0.000000616. The molecule has 0 aromatic carbocycles. The van der Waals surface area contributed by atoms with E-state index in [9.17, 15) is 55.5 Å². The normalized spacial score (nSPS) is 17.2. The SMILES string of the molecule is F.O=S(=O)(F)C(F)(F)CF.[3H]CC(OF)C(CCO[3H])OC(F)C(F)(F)S(=O)(=O)F. The first-order chi connectivity index (χ1) is 12.9. The van der Waals surface area contributed by atoms with Crippen molar-refractivity contribution >= 4 is 20.4 Å². The Kier molecular flexibility index (Phi) is 11.5. The summed E-state index contributed by atoms with van der Waals surface area (Å²) in [6, 6.07) is 0.